The number of amides is 1. The number of aromatic nitrogens is 2. The molecular weight excluding hydrogens is 344 g/mol. The molecule has 0 bridgehead atoms. The molecule has 8 heteroatoms. The maximum absolute atomic E-state index is 12.4. The minimum Gasteiger partial charge on any atom is -0.493 e. The van der Waals surface area contributed by atoms with Crippen LogP contribution in [-0.4, -0.2) is 26.6 Å². The smallest absolute Gasteiger partial charge is 0.271 e. The molecule has 0 saturated heterocycles. The fourth-order valence-corrected chi connectivity index (χ4v) is 2.30. The lowest BCUT2D eigenvalue weighted by molar-refractivity contribution is 0.0955. The lowest BCUT2D eigenvalue weighted by Gasteiger charge is -2.04. The van der Waals surface area contributed by atoms with Gasteiger partial charge < -0.3 is 5.11 Å². The first-order valence-electron chi connectivity index (χ1n) is 7.26. The monoisotopic (exact) mass is 356 g/mol. The molecule has 0 fully saturated rings. The van der Waals surface area contributed by atoms with Crippen molar-refractivity contribution in [3.05, 3.63) is 74.7 Å². The van der Waals surface area contributed by atoms with Crippen molar-refractivity contribution in [1.82, 2.24) is 14.8 Å². The van der Waals surface area contributed by atoms with Gasteiger partial charge in [-0.1, -0.05) is 11.6 Å². The Hall–Kier alpha value is -3.19. The molecule has 1 amide bonds. The summed E-state index contributed by atoms with van der Waals surface area (Å²) >= 11 is 5.76. The summed E-state index contributed by atoms with van der Waals surface area (Å²) in [5, 5.41) is 14.2. The number of hydrogen-bond donors (Lipinski definition) is 2. The van der Waals surface area contributed by atoms with E-state index in [2.05, 4.69) is 15.5 Å². The standard InChI is InChI=1S/C17H13ClN4O3/c1-10-6-7-22-14(8-10)20-16(24)13(17(22)25)9-19-21-15(23)11-2-4-12(18)5-3-11/h2-9,24H,1H3,(H,21,23)/b19-9+. The van der Waals surface area contributed by atoms with Crippen molar-refractivity contribution in [2.45, 2.75) is 6.92 Å². The Labute approximate surface area is 147 Å². The third-order valence-corrected chi connectivity index (χ3v) is 3.72. The summed E-state index contributed by atoms with van der Waals surface area (Å²) in [6, 6.07) is 9.65. The predicted molar refractivity (Wildman–Crippen MR) is 94.4 cm³/mol. The summed E-state index contributed by atoms with van der Waals surface area (Å²) in [6.07, 6.45) is 2.62. The number of nitrogens with one attached hydrogen (secondary N) is 1. The number of fused-ring (bicyclic) bond motifs is 1. The molecule has 0 aliphatic heterocycles. The highest BCUT2D eigenvalue weighted by Gasteiger charge is 2.10. The topological polar surface area (TPSA) is 96.1 Å². The molecule has 0 spiro atoms. The van der Waals surface area contributed by atoms with Gasteiger partial charge in [-0.3, -0.25) is 14.0 Å². The van der Waals surface area contributed by atoms with Gasteiger partial charge in [-0.25, -0.2) is 5.43 Å². The van der Waals surface area contributed by atoms with Gasteiger partial charge >= 0.3 is 0 Å². The van der Waals surface area contributed by atoms with Gasteiger partial charge in [-0.15, -0.1) is 0 Å². The summed E-state index contributed by atoms with van der Waals surface area (Å²) in [5.41, 5.74) is 3.24. The van der Waals surface area contributed by atoms with E-state index in [9.17, 15) is 14.7 Å². The average Bonchev–Trinajstić information content (AvgIpc) is 2.58. The predicted octanol–water partition coefficient (Wildman–Crippen LogP) is 2.13. The summed E-state index contributed by atoms with van der Waals surface area (Å²) < 4.78 is 1.29. The van der Waals surface area contributed by atoms with Gasteiger partial charge in [0, 0.05) is 16.8 Å². The molecule has 1 aromatic carbocycles. The van der Waals surface area contributed by atoms with Crippen molar-refractivity contribution >= 4 is 29.4 Å². The van der Waals surface area contributed by atoms with E-state index in [1.807, 2.05) is 6.92 Å². The SMILES string of the molecule is Cc1ccn2c(=O)c(/C=N/NC(=O)c3ccc(Cl)cc3)c(O)nc2c1. The zero-order valence-corrected chi connectivity index (χ0v) is 13.9. The molecule has 0 radical (unpaired) electrons. The number of pyridine rings is 1. The van der Waals surface area contributed by atoms with Gasteiger partial charge in [0.25, 0.3) is 11.5 Å². The first kappa shape index (κ1) is 16.7. The van der Waals surface area contributed by atoms with E-state index in [0.717, 1.165) is 11.8 Å². The highest BCUT2D eigenvalue weighted by atomic mass is 35.5. The molecule has 0 aliphatic rings. The molecule has 0 aliphatic carbocycles. The first-order chi connectivity index (χ1) is 12.0. The Kier molecular flexibility index (Phi) is 4.49. The fourth-order valence-electron chi connectivity index (χ4n) is 2.18. The van der Waals surface area contributed by atoms with Crippen LogP contribution in [0.15, 0.2) is 52.5 Å². The Morgan fingerprint density at radius 2 is 2.04 bits per heavy atom. The van der Waals surface area contributed by atoms with Crippen LogP contribution < -0.4 is 11.0 Å². The van der Waals surface area contributed by atoms with Gasteiger partial charge in [0.1, 0.15) is 11.2 Å². The van der Waals surface area contributed by atoms with E-state index in [1.165, 1.54) is 4.40 Å². The van der Waals surface area contributed by atoms with Crippen molar-refractivity contribution in [2.75, 3.05) is 0 Å². The fraction of sp³-hybridized carbons (Fsp3) is 0.0588. The van der Waals surface area contributed by atoms with Crippen molar-refractivity contribution in [1.29, 1.82) is 0 Å². The summed E-state index contributed by atoms with van der Waals surface area (Å²) in [4.78, 5) is 28.3. The Bertz CT molecular complexity index is 1040. The number of benzene rings is 1. The minimum atomic E-state index is -0.494. The van der Waals surface area contributed by atoms with E-state index < -0.39 is 17.3 Å². The van der Waals surface area contributed by atoms with Gasteiger partial charge in [0.15, 0.2) is 0 Å². The number of carbonyl (C=O) groups is 1. The van der Waals surface area contributed by atoms with Gasteiger partial charge in [0.05, 0.1) is 6.21 Å². The average molecular weight is 357 g/mol. The molecule has 0 atom stereocenters. The zero-order chi connectivity index (χ0) is 18.0. The molecular formula is C17H13ClN4O3. The molecule has 2 aromatic heterocycles. The van der Waals surface area contributed by atoms with Crippen LogP contribution in [0.3, 0.4) is 0 Å². The number of nitrogens with zero attached hydrogens (tertiary/aromatic N) is 3. The number of aromatic hydroxyl groups is 1. The lowest BCUT2D eigenvalue weighted by atomic mass is 10.2. The Balaban J connectivity index is 1.86. The van der Waals surface area contributed by atoms with Crippen LogP contribution in [0.25, 0.3) is 5.65 Å². The third-order valence-electron chi connectivity index (χ3n) is 3.47. The van der Waals surface area contributed by atoms with Crippen LogP contribution in [0.1, 0.15) is 21.5 Å². The van der Waals surface area contributed by atoms with Gasteiger partial charge in [0.2, 0.25) is 5.88 Å². The Morgan fingerprint density at radius 3 is 2.76 bits per heavy atom. The van der Waals surface area contributed by atoms with E-state index in [1.54, 1.807) is 42.6 Å². The van der Waals surface area contributed by atoms with Crippen LogP contribution in [0.4, 0.5) is 0 Å². The van der Waals surface area contributed by atoms with Gasteiger partial charge in [-0.05, 0) is 48.9 Å². The molecule has 3 aromatic rings. The number of hydrazone groups is 1. The molecule has 126 valence electrons. The van der Waals surface area contributed by atoms with Crippen molar-refractivity contribution in [3.8, 4) is 5.88 Å². The largest absolute Gasteiger partial charge is 0.493 e. The zero-order valence-electron chi connectivity index (χ0n) is 13.1. The third kappa shape index (κ3) is 3.51. The number of hydrogen-bond acceptors (Lipinski definition) is 5. The second-order valence-electron chi connectivity index (χ2n) is 5.29. The molecule has 0 unspecified atom stereocenters. The molecule has 0 saturated carbocycles. The van der Waals surface area contributed by atoms with Crippen molar-refractivity contribution < 1.29 is 9.90 Å². The minimum absolute atomic E-state index is 0.127. The second kappa shape index (κ2) is 6.74. The van der Waals surface area contributed by atoms with Crippen molar-refractivity contribution in [2.24, 2.45) is 5.10 Å². The molecule has 2 heterocycles. The molecule has 25 heavy (non-hydrogen) atoms. The quantitative estimate of drug-likeness (QED) is 0.555. The maximum atomic E-state index is 12.4. The van der Waals surface area contributed by atoms with Crippen LogP contribution in [0.2, 0.25) is 5.02 Å². The van der Waals surface area contributed by atoms with Crippen LogP contribution in [-0.2, 0) is 0 Å². The number of rotatable bonds is 3. The summed E-state index contributed by atoms with van der Waals surface area (Å²) in [6.45, 7) is 1.85. The normalized spacial score (nSPS) is 11.1. The highest BCUT2D eigenvalue weighted by Crippen LogP contribution is 2.11. The number of halogens is 1. The van der Waals surface area contributed by atoms with E-state index >= 15 is 0 Å². The van der Waals surface area contributed by atoms with E-state index in [-0.39, 0.29) is 5.56 Å². The number of carbonyl (C=O) groups excluding carboxylic acids is 1. The number of aryl methyl sites for hydroxylation is 1. The molecule has 7 nitrogen and oxygen atoms in total. The Morgan fingerprint density at radius 1 is 1.32 bits per heavy atom. The lowest BCUT2D eigenvalue weighted by Crippen LogP contribution is -2.22. The van der Waals surface area contributed by atoms with Crippen LogP contribution in [0, 0.1) is 6.92 Å². The second-order valence-corrected chi connectivity index (χ2v) is 5.73. The maximum Gasteiger partial charge on any atom is 0.271 e. The van der Waals surface area contributed by atoms with Crippen LogP contribution in [0.5, 0.6) is 5.88 Å². The summed E-state index contributed by atoms with van der Waals surface area (Å²) in [5.74, 6) is -0.933. The van der Waals surface area contributed by atoms with E-state index in [4.69, 9.17) is 11.6 Å². The van der Waals surface area contributed by atoms with Gasteiger partial charge in [-0.2, -0.15) is 10.1 Å². The molecule has 2 N–H and O–H groups in total. The van der Waals surface area contributed by atoms with E-state index in [0.29, 0.717) is 16.2 Å². The summed E-state index contributed by atoms with van der Waals surface area (Å²) in [7, 11) is 0. The van der Waals surface area contributed by atoms with Crippen LogP contribution >= 0.6 is 11.6 Å². The molecule has 3 rings (SSSR count). The van der Waals surface area contributed by atoms with Crippen molar-refractivity contribution in [3.63, 3.8) is 0 Å². The first-order valence-corrected chi connectivity index (χ1v) is 7.64. The highest BCUT2D eigenvalue weighted by molar-refractivity contribution is 6.30.